The molecule has 24 heavy (non-hydrogen) atoms. The molecule has 8 heteroatoms. The molecule has 0 unspecified atom stereocenters. The van der Waals surface area contributed by atoms with Crippen molar-refractivity contribution < 1.29 is 18.0 Å². The van der Waals surface area contributed by atoms with Crippen molar-refractivity contribution in [1.82, 2.24) is 4.98 Å². The number of aromatic nitrogens is 1. The number of pyridine rings is 1. The first-order chi connectivity index (χ1) is 11.3. The predicted octanol–water partition coefficient (Wildman–Crippen LogP) is 2.39. The first-order valence-corrected chi connectivity index (χ1v) is 7.27. The first-order valence-electron chi connectivity index (χ1n) is 7.27. The van der Waals surface area contributed by atoms with E-state index in [1.807, 2.05) is 34.1 Å². The summed E-state index contributed by atoms with van der Waals surface area (Å²) in [5.41, 5.74) is -0.183. The van der Waals surface area contributed by atoms with Gasteiger partial charge in [0.2, 0.25) is 5.91 Å². The van der Waals surface area contributed by atoms with Crippen LogP contribution in [0.15, 0.2) is 41.3 Å². The molecular formula is C16H14F3N3O2. The van der Waals surface area contributed by atoms with Gasteiger partial charge < -0.3 is 15.2 Å². The lowest BCUT2D eigenvalue weighted by Gasteiger charge is -2.18. The van der Waals surface area contributed by atoms with Crippen LogP contribution in [0.25, 0.3) is 0 Å². The number of aromatic amines is 1. The van der Waals surface area contributed by atoms with Crippen LogP contribution < -0.4 is 15.8 Å². The lowest BCUT2D eigenvalue weighted by atomic mass is 10.2. The molecule has 0 atom stereocenters. The molecule has 0 saturated carbocycles. The fraction of sp³-hybridized carbons (Fsp3) is 0.250. The number of hydrogen-bond donors (Lipinski definition) is 2. The van der Waals surface area contributed by atoms with Gasteiger partial charge in [0.15, 0.2) is 0 Å². The lowest BCUT2D eigenvalue weighted by molar-refractivity contribution is -0.137. The van der Waals surface area contributed by atoms with Gasteiger partial charge in [-0.15, -0.1) is 0 Å². The van der Waals surface area contributed by atoms with E-state index in [9.17, 15) is 22.8 Å². The maximum atomic E-state index is 12.7. The molecule has 1 aromatic heterocycles. The van der Waals surface area contributed by atoms with Crippen molar-refractivity contribution in [1.29, 1.82) is 0 Å². The van der Waals surface area contributed by atoms with Crippen LogP contribution in [0.5, 0.6) is 0 Å². The molecule has 0 aliphatic carbocycles. The van der Waals surface area contributed by atoms with Crippen LogP contribution in [0.1, 0.15) is 11.1 Å². The SMILES string of the molecule is O=C(CN1CCc2ccccc21)Nc1cc(C(F)(F)F)c[nH]c1=O. The Morgan fingerprint density at radius 2 is 2.04 bits per heavy atom. The normalized spacial score (nSPS) is 13.7. The third kappa shape index (κ3) is 3.27. The predicted molar refractivity (Wildman–Crippen MR) is 83.1 cm³/mol. The van der Waals surface area contributed by atoms with E-state index in [2.05, 4.69) is 5.32 Å². The summed E-state index contributed by atoms with van der Waals surface area (Å²) in [6.07, 6.45) is -3.22. The van der Waals surface area contributed by atoms with Gasteiger partial charge in [-0.3, -0.25) is 9.59 Å². The second kappa shape index (κ2) is 6.03. The fourth-order valence-electron chi connectivity index (χ4n) is 2.67. The Labute approximate surface area is 135 Å². The highest BCUT2D eigenvalue weighted by Crippen LogP contribution is 2.29. The quantitative estimate of drug-likeness (QED) is 0.904. The number of carbonyl (C=O) groups excluding carboxylic acids is 1. The molecule has 0 fully saturated rings. The maximum absolute atomic E-state index is 12.7. The van der Waals surface area contributed by atoms with Gasteiger partial charge in [0.25, 0.3) is 5.56 Å². The third-order valence-electron chi connectivity index (χ3n) is 3.82. The zero-order chi connectivity index (χ0) is 17.3. The Kier molecular flexibility index (Phi) is 4.04. The Morgan fingerprint density at radius 3 is 2.79 bits per heavy atom. The van der Waals surface area contributed by atoms with Crippen molar-refractivity contribution in [3.05, 3.63) is 58.0 Å². The zero-order valence-electron chi connectivity index (χ0n) is 12.5. The summed E-state index contributed by atoms with van der Waals surface area (Å²) in [6.45, 7) is 0.610. The Balaban J connectivity index is 1.73. The number of amides is 1. The van der Waals surface area contributed by atoms with Crippen LogP contribution in [0.3, 0.4) is 0 Å². The number of fused-ring (bicyclic) bond motifs is 1. The van der Waals surface area contributed by atoms with Crippen LogP contribution in [0, 0.1) is 0 Å². The van der Waals surface area contributed by atoms with Crippen molar-refractivity contribution in [2.45, 2.75) is 12.6 Å². The summed E-state index contributed by atoms with van der Waals surface area (Å²) >= 11 is 0. The molecule has 1 aliphatic heterocycles. The van der Waals surface area contributed by atoms with E-state index in [0.717, 1.165) is 17.7 Å². The molecule has 3 rings (SSSR count). The number of benzene rings is 1. The van der Waals surface area contributed by atoms with E-state index in [1.54, 1.807) is 0 Å². The smallest absolute Gasteiger partial charge is 0.362 e. The standard InChI is InChI=1S/C16H14F3N3O2/c17-16(18,19)11-7-12(15(24)20-8-11)21-14(23)9-22-6-5-10-3-1-2-4-13(10)22/h1-4,7-8H,5-6,9H2,(H,20,24)(H,21,23). The van der Waals surface area contributed by atoms with Gasteiger partial charge in [-0.05, 0) is 24.1 Å². The summed E-state index contributed by atoms with van der Waals surface area (Å²) in [7, 11) is 0. The summed E-state index contributed by atoms with van der Waals surface area (Å²) in [4.78, 5) is 27.5. The van der Waals surface area contributed by atoms with Crippen LogP contribution in [0.4, 0.5) is 24.5 Å². The topological polar surface area (TPSA) is 65.2 Å². The van der Waals surface area contributed by atoms with Gasteiger partial charge >= 0.3 is 6.18 Å². The van der Waals surface area contributed by atoms with Crippen LogP contribution in [-0.2, 0) is 17.4 Å². The number of nitrogens with zero attached hydrogens (tertiary/aromatic N) is 1. The number of hydrogen-bond acceptors (Lipinski definition) is 3. The second-order valence-electron chi connectivity index (χ2n) is 5.48. The molecule has 0 saturated heterocycles. The Morgan fingerprint density at radius 1 is 1.29 bits per heavy atom. The number of nitrogens with one attached hydrogen (secondary N) is 2. The van der Waals surface area contributed by atoms with E-state index >= 15 is 0 Å². The van der Waals surface area contributed by atoms with E-state index in [1.165, 1.54) is 0 Å². The number of anilines is 2. The van der Waals surface area contributed by atoms with Crippen LogP contribution >= 0.6 is 0 Å². The number of halogens is 3. The Bertz CT molecular complexity index is 830. The molecule has 1 aliphatic rings. The third-order valence-corrected chi connectivity index (χ3v) is 3.82. The van der Waals surface area contributed by atoms with E-state index < -0.39 is 28.9 Å². The molecule has 2 aromatic rings. The Hall–Kier alpha value is -2.77. The van der Waals surface area contributed by atoms with Gasteiger partial charge in [-0.1, -0.05) is 18.2 Å². The highest BCUT2D eigenvalue weighted by Gasteiger charge is 2.31. The molecule has 5 nitrogen and oxygen atoms in total. The summed E-state index contributed by atoms with van der Waals surface area (Å²) < 4.78 is 38.1. The highest BCUT2D eigenvalue weighted by molar-refractivity contribution is 5.94. The molecule has 1 aromatic carbocycles. The van der Waals surface area contributed by atoms with Gasteiger partial charge in [-0.25, -0.2) is 0 Å². The molecule has 2 heterocycles. The fourth-order valence-corrected chi connectivity index (χ4v) is 2.67. The van der Waals surface area contributed by atoms with Crippen molar-refractivity contribution in [2.75, 3.05) is 23.3 Å². The van der Waals surface area contributed by atoms with Gasteiger partial charge in [-0.2, -0.15) is 13.2 Å². The minimum absolute atomic E-state index is 0.0350. The minimum Gasteiger partial charge on any atom is -0.362 e. The maximum Gasteiger partial charge on any atom is 0.417 e. The van der Waals surface area contributed by atoms with Crippen molar-refractivity contribution in [2.24, 2.45) is 0 Å². The highest BCUT2D eigenvalue weighted by atomic mass is 19.4. The van der Waals surface area contributed by atoms with Crippen LogP contribution in [0.2, 0.25) is 0 Å². The number of para-hydroxylation sites is 1. The second-order valence-corrected chi connectivity index (χ2v) is 5.48. The van der Waals surface area contributed by atoms with E-state index in [4.69, 9.17) is 0 Å². The molecule has 1 amide bonds. The van der Waals surface area contributed by atoms with E-state index in [-0.39, 0.29) is 6.54 Å². The summed E-state index contributed by atoms with van der Waals surface area (Å²) in [5, 5.41) is 2.26. The van der Waals surface area contributed by atoms with Crippen LogP contribution in [-0.4, -0.2) is 24.0 Å². The average Bonchev–Trinajstić information content (AvgIpc) is 2.91. The molecule has 0 radical (unpaired) electrons. The van der Waals surface area contributed by atoms with Gasteiger partial charge in [0, 0.05) is 18.4 Å². The summed E-state index contributed by atoms with van der Waals surface area (Å²) in [5.74, 6) is -0.545. The number of carbonyl (C=O) groups is 1. The van der Waals surface area contributed by atoms with Gasteiger partial charge in [0.1, 0.15) is 5.69 Å². The number of rotatable bonds is 3. The minimum atomic E-state index is -4.60. The number of alkyl halides is 3. The lowest BCUT2D eigenvalue weighted by Crippen LogP contribution is -2.33. The van der Waals surface area contributed by atoms with Crippen molar-refractivity contribution in [3.8, 4) is 0 Å². The van der Waals surface area contributed by atoms with Gasteiger partial charge in [0.05, 0.1) is 12.1 Å². The average molecular weight is 337 g/mol. The van der Waals surface area contributed by atoms with E-state index in [0.29, 0.717) is 18.8 Å². The van der Waals surface area contributed by atoms with Crippen molar-refractivity contribution >= 4 is 17.3 Å². The molecule has 126 valence electrons. The molecule has 2 N–H and O–H groups in total. The van der Waals surface area contributed by atoms with Crippen molar-refractivity contribution in [3.63, 3.8) is 0 Å². The molecular weight excluding hydrogens is 323 g/mol. The monoisotopic (exact) mass is 337 g/mol. The molecule has 0 spiro atoms. The first kappa shape index (κ1) is 16.1. The number of H-pyrrole nitrogens is 1. The largest absolute Gasteiger partial charge is 0.417 e. The molecule has 0 bridgehead atoms. The zero-order valence-corrected chi connectivity index (χ0v) is 12.5. The summed E-state index contributed by atoms with van der Waals surface area (Å²) in [6, 6.07) is 8.24.